The topological polar surface area (TPSA) is 23.6 Å². The molecule has 4 heteroatoms. The van der Waals surface area contributed by atoms with Gasteiger partial charge in [-0.3, -0.25) is 4.79 Å². The number of nitrogens with zero attached hydrogens (tertiary/aromatic N) is 3. The van der Waals surface area contributed by atoms with E-state index in [0.717, 1.165) is 32.6 Å². The fraction of sp³-hybridized carbons (Fsp3) is 0.281. The molecule has 36 heavy (non-hydrogen) atoms. The van der Waals surface area contributed by atoms with Crippen molar-refractivity contribution in [1.82, 2.24) is 4.90 Å². The maximum Gasteiger partial charge on any atom is 0.278 e. The number of amides is 1. The van der Waals surface area contributed by atoms with Crippen molar-refractivity contribution in [2.45, 2.75) is 26.3 Å². The highest BCUT2D eigenvalue weighted by atomic mass is 16.2. The molecule has 0 N–H and O–H groups in total. The number of rotatable bonds is 6. The Kier molecular flexibility index (Phi) is 5.77. The minimum absolute atomic E-state index is 0.259. The molecule has 6 rings (SSSR count). The Morgan fingerprint density at radius 1 is 0.861 bits per heavy atom. The van der Waals surface area contributed by atoms with E-state index in [1.54, 1.807) is 0 Å². The fourth-order valence-electron chi connectivity index (χ4n) is 6.16. The number of quaternary nitrogens is 1. The summed E-state index contributed by atoms with van der Waals surface area (Å²) in [6, 6.07) is 30.3. The van der Waals surface area contributed by atoms with Gasteiger partial charge in [0.05, 0.1) is 5.57 Å². The van der Waals surface area contributed by atoms with Gasteiger partial charge < -0.3 is 9.80 Å². The third-order valence-corrected chi connectivity index (χ3v) is 8.26. The highest BCUT2D eigenvalue weighted by Crippen LogP contribution is 2.60. The van der Waals surface area contributed by atoms with Gasteiger partial charge in [0.2, 0.25) is 0 Å². The van der Waals surface area contributed by atoms with E-state index in [9.17, 15) is 4.79 Å². The second kappa shape index (κ2) is 9.11. The van der Waals surface area contributed by atoms with E-state index in [1.165, 1.54) is 39.3 Å². The van der Waals surface area contributed by atoms with Crippen molar-refractivity contribution in [1.29, 1.82) is 0 Å². The second-order valence-electron chi connectivity index (χ2n) is 10.2. The summed E-state index contributed by atoms with van der Waals surface area (Å²) in [4.78, 5) is 18.2. The Morgan fingerprint density at radius 3 is 2.19 bits per heavy atom. The third-order valence-electron chi connectivity index (χ3n) is 8.26. The zero-order chi connectivity index (χ0) is 24.7. The van der Waals surface area contributed by atoms with Gasteiger partial charge in [-0.05, 0) is 48.7 Å². The number of fused-ring (bicyclic) bond motifs is 1. The normalized spacial score (nSPS) is 22.9. The minimum Gasteiger partial charge on any atom is -0.368 e. The quantitative estimate of drug-likeness (QED) is 0.342. The van der Waals surface area contributed by atoms with Crippen molar-refractivity contribution in [2.24, 2.45) is 0 Å². The van der Waals surface area contributed by atoms with Crippen molar-refractivity contribution in [2.75, 3.05) is 37.6 Å². The summed E-state index contributed by atoms with van der Waals surface area (Å²) in [5.41, 5.74) is 8.99. The molecule has 0 radical (unpaired) electrons. The first-order valence-electron chi connectivity index (χ1n) is 13.2. The predicted octanol–water partition coefficient (Wildman–Crippen LogP) is 5.58. The van der Waals surface area contributed by atoms with E-state index in [4.69, 9.17) is 0 Å². The molecule has 0 spiro atoms. The van der Waals surface area contributed by atoms with E-state index < -0.39 is 0 Å². The Hall–Kier alpha value is -3.63. The van der Waals surface area contributed by atoms with Crippen molar-refractivity contribution in [3.05, 3.63) is 113 Å². The summed E-state index contributed by atoms with van der Waals surface area (Å²) in [5, 5.41) is 0. The third kappa shape index (κ3) is 3.77. The Balaban J connectivity index is 1.23. The molecule has 3 aliphatic heterocycles. The van der Waals surface area contributed by atoms with Crippen LogP contribution in [-0.2, 0) is 11.2 Å². The molecular weight excluding hydrogens is 442 g/mol. The van der Waals surface area contributed by atoms with Crippen LogP contribution in [0.25, 0.3) is 11.3 Å². The number of piperazine rings is 1. The van der Waals surface area contributed by atoms with Crippen LogP contribution in [0.5, 0.6) is 0 Å². The smallest absolute Gasteiger partial charge is 0.278 e. The molecule has 3 heterocycles. The molecule has 182 valence electrons. The standard InChI is InChI=1S/C32H34N3O/c1-3-25-11-10-16-28(21-25)33-17-19-34(20-18-33)31(36)23-35-24(2)32(35)29(26-12-6-4-7-13-26)22-30(35)27-14-8-5-9-15-27/h4-16,21-22,24H,3,17-20,23H2,1-2H3/q+1. The number of anilines is 1. The highest BCUT2D eigenvalue weighted by Gasteiger charge is 2.67. The molecule has 2 atom stereocenters. The summed E-state index contributed by atoms with van der Waals surface area (Å²) in [6.07, 6.45) is 3.37. The predicted molar refractivity (Wildman–Crippen MR) is 147 cm³/mol. The summed E-state index contributed by atoms with van der Waals surface area (Å²) < 4.78 is 0.672. The monoisotopic (exact) mass is 476 g/mol. The highest BCUT2D eigenvalue weighted by molar-refractivity contribution is 5.92. The minimum atomic E-state index is 0.259. The summed E-state index contributed by atoms with van der Waals surface area (Å²) in [7, 11) is 0. The summed E-state index contributed by atoms with van der Waals surface area (Å²) in [5.74, 6) is 0.259. The van der Waals surface area contributed by atoms with E-state index >= 15 is 0 Å². The molecule has 1 amide bonds. The maximum atomic E-state index is 13.7. The van der Waals surface area contributed by atoms with Crippen LogP contribution in [0.4, 0.5) is 5.69 Å². The van der Waals surface area contributed by atoms with Crippen molar-refractivity contribution in [3.63, 3.8) is 0 Å². The SMILES string of the molecule is CCc1cccc(N2CCN(C(=O)C[N+]34C(c5ccccc5)=CC(c5ccccc5)=C3C4C)CC2)c1. The van der Waals surface area contributed by atoms with Crippen LogP contribution < -0.4 is 4.90 Å². The number of carbonyl (C=O) groups is 1. The van der Waals surface area contributed by atoms with E-state index in [-0.39, 0.29) is 5.91 Å². The lowest BCUT2D eigenvalue weighted by Crippen LogP contribution is -2.51. The van der Waals surface area contributed by atoms with Crippen LogP contribution in [0, 0.1) is 0 Å². The number of aryl methyl sites for hydroxylation is 1. The first kappa shape index (κ1) is 22.8. The average Bonchev–Trinajstić information content (AvgIpc) is 3.35. The Labute approximate surface area is 214 Å². The lowest BCUT2D eigenvalue weighted by molar-refractivity contribution is -0.704. The zero-order valence-electron chi connectivity index (χ0n) is 21.2. The average molecular weight is 477 g/mol. The molecule has 2 fully saturated rings. The Bertz CT molecular complexity index is 1340. The molecule has 0 aromatic heterocycles. The van der Waals surface area contributed by atoms with Crippen LogP contribution in [0.15, 0.2) is 96.7 Å². The van der Waals surface area contributed by atoms with Gasteiger partial charge in [0.15, 0.2) is 18.3 Å². The van der Waals surface area contributed by atoms with Crippen LogP contribution in [0.1, 0.15) is 30.5 Å². The number of benzene rings is 3. The lowest BCUT2D eigenvalue weighted by atomic mass is 10.0. The number of allylic oxidation sites excluding steroid dienone is 2. The molecule has 3 aromatic rings. The van der Waals surface area contributed by atoms with Gasteiger partial charge in [-0.15, -0.1) is 0 Å². The fourth-order valence-corrected chi connectivity index (χ4v) is 6.16. The van der Waals surface area contributed by atoms with Crippen LogP contribution >= 0.6 is 0 Å². The van der Waals surface area contributed by atoms with Crippen molar-refractivity contribution < 1.29 is 9.28 Å². The number of hydrogen-bond acceptors (Lipinski definition) is 2. The van der Waals surface area contributed by atoms with E-state index in [1.807, 2.05) is 0 Å². The van der Waals surface area contributed by atoms with Crippen LogP contribution in [0.2, 0.25) is 0 Å². The maximum absolute atomic E-state index is 13.7. The second-order valence-corrected chi connectivity index (χ2v) is 10.2. The molecule has 4 nitrogen and oxygen atoms in total. The molecule has 2 unspecified atom stereocenters. The molecule has 0 bridgehead atoms. The summed E-state index contributed by atoms with van der Waals surface area (Å²) in [6.45, 7) is 8.29. The molecule has 0 aliphatic carbocycles. The molecular formula is C32H34N3O+. The van der Waals surface area contributed by atoms with Crippen LogP contribution in [-0.4, -0.2) is 54.1 Å². The van der Waals surface area contributed by atoms with Gasteiger partial charge >= 0.3 is 0 Å². The molecule has 3 aromatic carbocycles. The van der Waals surface area contributed by atoms with Gasteiger partial charge in [-0.25, -0.2) is 4.48 Å². The number of hydrogen-bond donors (Lipinski definition) is 0. The molecule has 3 aliphatic rings. The first-order valence-corrected chi connectivity index (χ1v) is 13.2. The van der Waals surface area contributed by atoms with Crippen molar-refractivity contribution in [3.8, 4) is 0 Å². The van der Waals surface area contributed by atoms with Gasteiger partial charge in [-0.2, -0.15) is 0 Å². The lowest BCUT2D eigenvalue weighted by Gasteiger charge is -2.36. The van der Waals surface area contributed by atoms with E-state index in [2.05, 4.69) is 115 Å². The number of carbonyl (C=O) groups excluding carboxylic acids is 1. The first-order chi connectivity index (χ1) is 17.6. The zero-order valence-corrected chi connectivity index (χ0v) is 21.2. The van der Waals surface area contributed by atoms with E-state index in [0.29, 0.717) is 17.1 Å². The Morgan fingerprint density at radius 2 is 1.53 bits per heavy atom. The van der Waals surface area contributed by atoms with Gasteiger partial charge in [-0.1, -0.05) is 67.6 Å². The summed E-state index contributed by atoms with van der Waals surface area (Å²) >= 11 is 0. The van der Waals surface area contributed by atoms with Gasteiger partial charge in [0.1, 0.15) is 5.70 Å². The molecule has 2 saturated heterocycles. The van der Waals surface area contributed by atoms with Crippen LogP contribution in [0.3, 0.4) is 0 Å². The van der Waals surface area contributed by atoms with Gasteiger partial charge in [0, 0.05) is 43.5 Å². The largest absolute Gasteiger partial charge is 0.368 e. The van der Waals surface area contributed by atoms with Crippen molar-refractivity contribution >= 4 is 22.9 Å². The van der Waals surface area contributed by atoms with Gasteiger partial charge in [0.25, 0.3) is 5.91 Å². The molecule has 0 saturated carbocycles.